The molecule has 0 bridgehead atoms. The van der Waals surface area contributed by atoms with E-state index in [1.54, 1.807) is 0 Å². The van der Waals surface area contributed by atoms with Crippen molar-refractivity contribution in [3.8, 4) is 5.75 Å². The predicted molar refractivity (Wildman–Crippen MR) is 63.4 cm³/mol. The lowest BCUT2D eigenvalue weighted by atomic mass is 10.2. The molecule has 0 heterocycles. The van der Waals surface area contributed by atoms with E-state index in [1.165, 1.54) is 12.1 Å². The van der Waals surface area contributed by atoms with Gasteiger partial charge in [-0.25, -0.2) is 0 Å². The predicted octanol–water partition coefficient (Wildman–Crippen LogP) is 3.94. The van der Waals surface area contributed by atoms with Crippen molar-refractivity contribution in [3.05, 3.63) is 32.3 Å². The largest absolute Gasteiger partial charge is 0.485 e. The molecule has 0 fully saturated rings. The van der Waals surface area contributed by atoms with E-state index in [0.717, 1.165) is 0 Å². The van der Waals surface area contributed by atoms with Gasteiger partial charge in [0.1, 0.15) is 5.02 Å². The molecule has 0 saturated carbocycles. The molecule has 0 spiro atoms. The van der Waals surface area contributed by atoms with E-state index in [9.17, 15) is 10.1 Å². The van der Waals surface area contributed by atoms with Crippen LogP contribution in [0.15, 0.2) is 12.1 Å². The molecule has 0 aliphatic rings. The molecule has 1 aromatic rings. The first kappa shape index (κ1) is 13.1. The van der Waals surface area contributed by atoms with E-state index < -0.39 is 4.92 Å². The molecule has 0 aliphatic heterocycles. The van der Waals surface area contributed by atoms with Gasteiger partial charge in [-0.05, 0) is 12.0 Å². The highest BCUT2D eigenvalue weighted by molar-refractivity contribution is 6.43. The second kappa shape index (κ2) is 5.37. The number of halogens is 2. The van der Waals surface area contributed by atoms with E-state index in [0.29, 0.717) is 6.61 Å². The van der Waals surface area contributed by atoms with Gasteiger partial charge in [-0.3, -0.25) is 10.1 Å². The van der Waals surface area contributed by atoms with Crippen LogP contribution < -0.4 is 4.74 Å². The van der Waals surface area contributed by atoms with Gasteiger partial charge >= 0.3 is 5.69 Å². The summed E-state index contributed by atoms with van der Waals surface area (Å²) in [6.45, 7) is 4.22. The minimum Gasteiger partial charge on any atom is -0.485 e. The maximum Gasteiger partial charge on any atom is 0.312 e. The van der Waals surface area contributed by atoms with Crippen molar-refractivity contribution in [2.24, 2.45) is 5.92 Å². The molecule has 4 nitrogen and oxygen atoms in total. The number of nitro groups is 1. The number of ether oxygens (including phenoxy) is 1. The second-order valence-corrected chi connectivity index (χ2v) is 4.46. The lowest BCUT2D eigenvalue weighted by Crippen LogP contribution is -2.06. The summed E-state index contributed by atoms with van der Waals surface area (Å²) in [4.78, 5) is 10.2. The lowest BCUT2D eigenvalue weighted by molar-refractivity contribution is -0.385. The van der Waals surface area contributed by atoms with Crippen LogP contribution in [0.1, 0.15) is 13.8 Å². The van der Waals surface area contributed by atoms with Crippen molar-refractivity contribution in [1.29, 1.82) is 0 Å². The molecule has 0 radical (unpaired) electrons. The quantitative estimate of drug-likeness (QED) is 0.611. The fourth-order valence-electron chi connectivity index (χ4n) is 1.05. The molecule has 0 unspecified atom stereocenters. The summed E-state index contributed by atoms with van der Waals surface area (Å²) in [7, 11) is 0. The topological polar surface area (TPSA) is 52.4 Å². The molecule has 0 amide bonds. The molecule has 0 atom stereocenters. The molecule has 88 valence electrons. The van der Waals surface area contributed by atoms with E-state index in [2.05, 4.69) is 0 Å². The van der Waals surface area contributed by atoms with Crippen molar-refractivity contribution >= 4 is 28.9 Å². The lowest BCUT2D eigenvalue weighted by Gasteiger charge is -2.10. The zero-order valence-corrected chi connectivity index (χ0v) is 10.4. The van der Waals surface area contributed by atoms with E-state index in [1.807, 2.05) is 13.8 Å². The summed E-state index contributed by atoms with van der Waals surface area (Å²) in [6, 6.07) is 2.66. The Morgan fingerprint density at radius 2 is 2.06 bits per heavy atom. The van der Waals surface area contributed by atoms with Crippen molar-refractivity contribution in [1.82, 2.24) is 0 Å². The summed E-state index contributed by atoms with van der Waals surface area (Å²) in [5, 5.41) is 11.1. The molecule has 6 heteroatoms. The highest BCUT2D eigenvalue weighted by Crippen LogP contribution is 2.39. The molecule has 0 aliphatic carbocycles. The molecular weight excluding hydrogens is 253 g/mol. The maximum absolute atomic E-state index is 10.8. The number of rotatable bonds is 4. The Labute approximate surface area is 103 Å². The highest BCUT2D eigenvalue weighted by Gasteiger charge is 2.21. The second-order valence-electron chi connectivity index (χ2n) is 3.67. The van der Waals surface area contributed by atoms with Gasteiger partial charge in [-0.15, -0.1) is 0 Å². The third-order valence-corrected chi connectivity index (χ3v) is 2.57. The Bertz CT molecular complexity index is 407. The summed E-state index contributed by atoms with van der Waals surface area (Å²) >= 11 is 11.6. The Hall–Kier alpha value is -1.000. The van der Waals surface area contributed by atoms with Gasteiger partial charge in [-0.2, -0.15) is 0 Å². The first-order valence-electron chi connectivity index (χ1n) is 4.68. The van der Waals surface area contributed by atoms with Crippen LogP contribution in [0.2, 0.25) is 10.0 Å². The Morgan fingerprint density at radius 3 is 2.56 bits per heavy atom. The van der Waals surface area contributed by atoms with Gasteiger partial charge in [0, 0.05) is 6.07 Å². The number of benzene rings is 1. The van der Waals surface area contributed by atoms with Crippen LogP contribution in [0.4, 0.5) is 5.69 Å². The monoisotopic (exact) mass is 263 g/mol. The number of nitro benzene ring substituents is 1. The van der Waals surface area contributed by atoms with Crippen LogP contribution in [-0.4, -0.2) is 11.5 Å². The van der Waals surface area contributed by atoms with Crippen molar-refractivity contribution in [2.45, 2.75) is 13.8 Å². The summed E-state index contributed by atoms with van der Waals surface area (Å²) in [6.07, 6.45) is 0. The molecule has 0 N–H and O–H groups in total. The van der Waals surface area contributed by atoms with E-state index in [4.69, 9.17) is 27.9 Å². The first-order valence-corrected chi connectivity index (χ1v) is 5.44. The van der Waals surface area contributed by atoms with Gasteiger partial charge < -0.3 is 4.74 Å². The average molecular weight is 264 g/mol. The van der Waals surface area contributed by atoms with Crippen LogP contribution in [0.25, 0.3) is 0 Å². The zero-order valence-electron chi connectivity index (χ0n) is 8.87. The minimum atomic E-state index is -0.544. The number of hydrogen-bond donors (Lipinski definition) is 0. The maximum atomic E-state index is 10.8. The third-order valence-electron chi connectivity index (χ3n) is 1.79. The average Bonchev–Trinajstić information content (AvgIpc) is 2.19. The standard InChI is InChI=1S/C10H11Cl2NO3/c1-6(2)5-16-10-8(13(14)15)4-3-7(11)9(10)12/h3-4,6H,5H2,1-2H3. The van der Waals surface area contributed by atoms with Crippen LogP contribution in [0, 0.1) is 16.0 Å². The van der Waals surface area contributed by atoms with Gasteiger partial charge in [0.2, 0.25) is 5.75 Å². The normalized spacial score (nSPS) is 10.6. The fraction of sp³-hybridized carbons (Fsp3) is 0.400. The first-order chi connectivity index (χ1) is 7.43. The third kappa shape index (κ3) is 3.00. The van der Waals surface area contributed by atoms with E-state index in [-0.39, 0.29) is 27.4 Å². The molecule has 16 heavy (non-hydrogen) atoms. The molecule has 0 aromatic heterocycles. The smallest absolute Gasteiger partial charge is 0.312 e. The fourth-order valence-corrected chi connectivity index (χ4v) is 1.42. The Morgan fingerprint density at radius 1 is 1.44 bits per heavy atom. The Balaban J connectivity index is 3.11. The molecule has 0 saturated heterocycles. The number of hydrogen-bond acceptors (Lipinski definition) is 3. The molecule has 1 rings (SSSR count). The summed E-state index contributed by atoms with van der Waals surface area (Å²) in [5.74, 6) is 0.280. The summed E-state index contributed by atoms with van der Waals surface area (Å²) < 4.78 is 5.31. The van der Waals surface area contributed by atoms with Crippen molar-refractivity contribution in [2.75, 3.05) is 6.61 Å². The van der Waals surface area contributed by atoms with Crippen LogP contribution >= 0.6 is 23.2 Å². The highest BCUT2D eigenvalue weighted by atomic mass is 35.5. The molecular formula is C10H11Cl2NO3. The van der Waals surface area contributed by atoms with Gasteiger partial charge in [-0.1, -0.05) is 37.0 Å². The van der Waals surface area contributed by atoms with Gasteiger partial charge in [0.05, 0.1) is 16.6 Å². The molecule has 1 aromatic carbocycles. The van der Waals surface area contributed by atoms with Crippen LogP contribution in [0.5, 0.6) is 5.75 Å². The number of nitrogens with zero attached hydrogens (tertiary/aromatic N) is 1. The Kier molecular flexibility index (Phi) is 4.38. The van der Waals surface area contributed by atoms with Gasteiger partial charge in [0.25, 0.3) is 0 Å². The van der Waals surface area contributed by atoms with Crippen molar-refractivity contribution < 1.29 is 9.66 Å². The van der Waals surface area contributed by atoms with Gasteiger partial charge in [0.15, 0.2) is 0 Å². The zero-order chi connectivity index (χ0) is 12.3. The minimum absolute atomic E-state index is 0.0351. The summed E-state index contributed by atoms with van der Waals surface area (Å²) in [5.41, 5.74) is -0.171. The van der Waals surface area contributed by atoms with E-state index >= 15 is 0 Å². The van der Waals surface area contributed by atoms with Crippen LogP contribution in [-0.2, 0) is 0 Å². The van der Waals surface area contributed by atoms with Crippen LogP contribution in [0.3, 0.4) is 0 Å². The van der Waals surface area contributed by atoms with Crippen molar-refractivity contribution in [3.63, 3.8) is 0 Å². The SMILES string of the molecule is CC(C)COc1c([N+](=O)[O-])ccc(Cl)c1Cl.